The average molecular weight is 414 g/mol. The van der Waals surface area contributed by atoms with Gasteiger partial charge < -0.3 is 18.9 Å². The smallest absolute Gasteiger partial charge is 0.254 e. The number of hydrogen-bond donors (Lipinski definition) is 0. The zero-order chi connectivity index (χ0) is 20.4. The first kappa shape index (κ1) is 19.3. The third kappa shape index (κ3) is 3.91. The zero-order valence-electron chi connectivity index (χ0n) is 16.1. The van der Waals surface area contributed by atoms with Crippen molar-refractivity contribution >= 4 is 17.5 Å². The van der Waals surface area contributed by atoms with E-state index in [0.717, 1.165) is 18.4 Å². The third-order valence-electron chi connectivity index (χ3n) is 4.92. The van der Waals surface area contributed by atoms with Crippen molar-refractivity contribution in [3.05, 3.63) is 58.9 Å². The molecule has 0 bridgehead atoms. The Balaban J connectivity index is 1.61. The van der Waals surface area contributed by atoms with Gasteiger partial charge in [-0.05, 0) is 37.1 Å². The highest BCUT2D eigenvalue weighted by Gasteiger charge is 2.35. The molecule has 2 aromatic carbocycles. The van der Waals surface area contributed by atoms with E-state index in [1.807, 2.05) is 12.1 Å². The lowest BCUT2D eigenvalue weighted by atomic mass is 10.1. The van der Waals surface area contributed by atoms with Gasteiger partial charge in [0.2, 0.25) is 11.7 Å². The van der Waals surface area contributed by atoms with Crippen molar-refractivity contribution in [2.24, 2.45) is 0 Å². The third-order valence-corrected chi connectivity index (χ3v) is 5.16. The quantitative estimate of drug-likeness (QED) is 0.617. The Hall–Kier alpha value is -3.06. The van der Waals surface area contributed by atoms with Crippen LogP contribution >= 0.6 is 11.6 Å². The topological polar surface area (TPSA) is 77.7 Å². The molecule has 1 aliphatic rings. The molecule has 2 heterocycles. The summed E-state index contributed by atoms with van der Waals surface area (Å²) in [5.74, 6) is 1.85. The molecule has 1 amide bonds. The van der Waals surface area contributed by atoms with Gasteiger partial charge in [-0.3, -0.25) is 4.79 Å². The molecule has 1 fully saturated rings. The second-order valence-electron chi connectivity index (χ2n) is 6.72. The fourth-order valence-corrected chi connectivity index (χ4v) is 3.67. The van der Waals surface area contributed by atoms with Crippen molar-refractivity contribution < 1.29 is 18.8 Å². The Morgan fingerprint density at radius 1 is 1.17 bits per heavy atom. The van der Waals surface area contributed by atoms with Crippen molar-refractivity contribution in [3.8, 4) is 22.9 Å². The van der Waals surface area contributed by atoms with E-state index in [9.17, 15) is 4.79 Å². The fourth-order valence-electron chi connectivity index (χ4n) is 3.48. The van der Waals surface area contributed by atoms with Gasteiger partial charge in [0.05, 0.1) is 14.2 Å². The summed E-state index contributed by atoms with van der Waals surface area (Å²) >= 11 is 6.05. The van der Waals surface area contributed by atoms with Crippen LogP contribution in [0.5, 0.6) is 11.5 Å². The summed E-state index contributed by atoms with van der Waals surface area (Å²) < 4.78 is 16.1. The summed E-state index contributed by atoms with van der Waals surface area (Å²) in [4.78, 5) is 19.5. The fraction of sp³-hybridized carbons (Fsp3) is 0.286. The first-order valence-electron chi connectivity index (χ1n) is 9.22. The molecule has 0 radical (unpaired) electrons. The summed E-state index contributed by atoms with van der Waals surface area (Å²) in [5.41, 5.74) is 1.25. The summed E-state index contributed by atoms with van der Waals surface area (Å²) in [7, 11) is 3.11. The highest BCUT2D eigenvalue weighted by molar-refractivity contribution is 6.30. The minimum absolute atomic E-state index is 0.132. The standard InChI is InChI=1S/C21H20ClN3O4/c1-27-16-10-14(11-17(12-16)28-2)21(26)25-8-4-7-18(25)20-23-19(24-29-20)13-5-3-6-15(22)9-13/h3,5-6,9-12,18H,4,7-8H2,1-2H3. The van der Waals surface area contributed by atoms with Crippen molar-refractivity contribution in [1.29, 1.82) is 0 Å². The van der Waals surface area contributed by atoms with Crippen LogP contribution in [0.2, 0.25) is 5.02 Å². The van der Waals surface area contributed by atoms with Crippen molar-refractivity contribution in [2.75, 3.05) is 20.8 Å². The van der Waals surface area contributed by atoms with Crippen LogP contribution in [-0.2, 0) is 0 Å². The number of nitrogens with zero attached hydrogens (tertiary/aromatic N) is 3. The molecule has 150 valence electrons. The van der Waals surface area contributed by atoms with Crippen LogP contribution < -0.4 is 9.47 Å². The second kappa shape index (κ2) is 8.13. The molecule has 1 saturated heterocycles. The second-order valence-corrected chi connectivity index (χ2v) is 7.16. The maximum Gasteiger partial charge on any atom is 0.254 e. The minimum Gasteiger partial charge on any atom is -0.497 e. The lowest BCUT2D eigenvalue weighted by Gasteiger charge is -2.22. The van der Waals surface area contributed by atoms with Crippen LogP contribution in [0.3, 0.4) is 0 Å². The van der Waals surface area contributed by atoms with Crippen LogP contribution in [0.25, 0.3) is 11.4 Å². The summed E-state index contributed by atoms with van der Waals surface area (Å²) in [6.07, 6.45) is 1.61. The number of ether oxygens (including phenoxy) is 2. The van der Waals surface area contributed by atoms with Crippen molar-refractivity contribution in [2.45, 2.75) is 18.9 Å². The molecule has 0 saturated carbocycles. The average Bonchev–Trinajstić information content (AvgIpc) is 3.42. The van der Waals surface area contributed by atoms with Crippen LogP contribution in [-0.4, -0.2) is 41.7 Å². The van der Waals surface area contributed by atoms with Crippen LogP contribution in [0, 0.1) is 0 Å². The Morgan fingerprint density at radius 3 is 2.62 bits per heavy atom. The molecule has 0 N–H and O–H groups in total. The molecule has 1 aliphatic heterocycles. The van der Waals surface area contributed by atoms with Crippen molar-refractivity contribution in [3.63, 3.8) is 0 Å². The largest absolute Gasteiger partial charge is 0.497 e. The van der Waals surface area contributed by atoms with E-state index in [1.165, 1.54) is 0 Å². The normalized spacial score (nSPS) is 16.1. The number of hydrogen-bond acceptors (Lipinski definition) is 6. The van der Waals surface area contributed by atoms with Crippen molar-refractivity contribution in [1.82, 2.24) is 15.0 Å². The highest BCUT2D eigenvalue weighted by atomic mass is 35.5. The molecule has 1 unspecified atom stereocenters. The maximum absolute atomic E-state index is 13.2. The van der Waals surface area contributed by atoms with Gasteiger partial charge in [0, 0.05) is 28.8 Å². The lowest BCUT2D eigenvalue weighted by Crippen LogP contribution is -2.30. The number of carbonyl (C=O) groups is 1. The van der Waals surface area contributed by atoms with Gasteiger partial charge >= 0.3 is 0 Å². The molecule has 29 heavy (non-hydrogen) atoms. The molecule has 1 atom stereocenters. The summed E-state index contributed by atoms with van der Waals surface area (Å²) in [5, 5.41) is 4.67. The predicted molar refractivity (Wildman–Crippen MR) is 107 cm³/mol. The number of halogens is 1. The first-order chi connectivity index (χ1) is 14.1. The van der Waals surface area contributed by atoms with E-state index < -0.39 is 0 Å². The SMILES string of the molecule is COc1cc(OC)cc(C(=O)N2CCCC2c2nc(-c3cccc(Cl)c3)no2)c1. The van der Waals surface area contributed by atoms with E-state index in [1.54, 1.807) is 49.5 Å². The van der Waals surface area contributed by atoms with Crippen LogP contribution in [0.1, 0.15) is 35.1 Å². The molecule has 0 spiro atoms. The summed E-state index contributed by atoms with van der Waals surface area (Å²) in [6.45, 7) is 0.609. The maximum atomic E-state index is 13.2. The van der Waals surface area contributed by atoms with Gasteiger partial charge in [0.15, 0.2) is 0 Å². The lowest BCUT2D eigenvalue weighted by molar-refractivity contribution is 0.0709. The number of likely N-dealkylation sites (tertiary alicyclic amines) is 1. The number of carbonyl (C=O) groups excluding carboxylic acids is 1. The first-order valence-corrected chi connectivity index (χ1v) is 9.60. The molecular weight excluding hydrogens is 394 g/mol. The number of rotatable bonds is 5. The Morgan fingerprint density at radius 2 is 1.93 bits per heavy atom. The van der Waals surface area contributed by atoms with Crippen LogP contribution in [0.15, 0.2) is 47.0 Å². The van der Waals surface area contributed by atoms with Gasteiger partial charge in [0.1, 0.15) is 17.5 Å². The minimum atomic E-state index is -0.278. The molecule has 1 aromatic heterocycles. The van der Waals surface area contributed by atoms with Gasteiger partial charge in [0.25, 0.3) is 5.91 Å². The molecule has 8 heteroatoms. The van der Waals surface area contributed by atoms with E-state index >= 15 is 0 Å². The van der Waals surface area contributed by atoms with Gasteiger partial charge in [-0.25, -0.2) is 0 Å². The van der Waals surface area contributed by atoms with E-state index in [4.69, 9.17) is 25.6 Å². The molecule has 0 aliphatic carbocycles. The van der Waals surface area contributed by atoms with Gasteiger partial charge in [-0.15, -0.1) is 0 Å². The molecule has 3 aromatic rings. The van der Waals surface area contributed by atoms with Gasteiger partial charge in [-0.2, -0.15) is 4.98 Å². The number of benzene rings is 2. The molecule has 7 nitrogen and oxygen atoms in total. The van der Waals surface area contributed by atoms with E-state index in [2.05, 4.69) is 10.1 Å². The van der Waals surface area contributed by atoms with Crippen LogP contribution in [0.4, 0.5) is 0 Å². The zero-order valence-corrected chi connectivity index (χ0v) is 16.8. The Bertz CT molecular complexity index is 1010. The van der Waals surface area contributed by atoms with Gasteiger partial charge in [-0.1, -0.05) is 28.9 Å². The molecular formula is C21H20ClN3O4. The number of methoxy groups -OCH3 is 2. The molecule has 4 rings (SSSR count). The monoisotopic (exact) mass is 413 g/mol. The number of aromatic nitrogens is 2. The predicted octanol–water partition coefficient (Wildman–Crippen LogP) is 4.38. The Labute approximate surface area is 173 Å². The highest BCUT2D eigenvalue weighted by Crippen LogP contribution is 2.34. The van der Waals surface area contributed by atoms with E-state index in [0.29, 0.717) is 40.3 Å². The summed E-state index contributed by atoms with van der Waals surface area (Å²) in [6, 6.07) is 12.1. The number of amides is 1. The Kier molecular flexibility index (Phi) is 5.40. The van der Waals surface area contributed by atoms with E-state index in [-0.39, 0.29) is 11.9 Å².